The molecular formula is C21H29N5O2. The number of hydrogen-bond donors (Lipinski definition) is 2. The van der Waals surface area contributed by atoms with E-state index in [1.807, 2.05) is 12.1 Å². The fraction of sp³-hybridized carbons (Fsp3) is 0.429. The molecule has 150 valence electrons. The van der Waals surface area contributed by atoms with Crippen molar-refractivity contribution in [2.24, 2.45) is 4.99 Å². The van der Waals surface area contributed by atoms with Crippen LogP contribution in [0.15, 0.2) is 53.8 Å². The smallest absolute Gasteiger partial charge is 0.191 e. The number of hydrogen-bond acceptors (Lipinski definition) is 5. The number of nitrogens with zero attached hydrogens (tertiary/aromatic N) is 3. The Morgan fingerprint density at radius 3 is 2.71 bits per heavy atom. The van der Waals surface area contributed by atoms with E-state index in [9.17, 15) is 0 Å². The summed E-state index contributed by atoms with van der Waals surface area (Å²) in [6.45, 7) is 6.49. The van der Waals surface area contributed by atoms with E-state index in [0.29, 0.717) is 13.2 Å². The fourth-order valence-corrected chi connectivity index (χ4v) is 3.05. The van der Waals surface area contributed by atoms with Crippen LogP contribution in [0.3, 0.4) is 0 Å². The highest BCUT2D eigenvalue weighted by Gasteiger charge is 2.12. The summed E-state index contributed by atoms with van der Waals surface area (Å²) in [5.74, 6) is 1.53. The molecule has 2 N–H and O–H groups in total. The highest BCUT2D eigenvalue weighted by Crippen LogP contribution is 2.13. The van der Waals surface area contributed by atoms with Crippen molar-refractivity contribution < 1.29 is 9.47 Å². The quantitative estimate of drug-likeness (QED) is 0.410. The molecule has 0 bridgehead atoms. The standard InChI is InChI=1S/C21H29N5O2/c1-22-21(24-9-12-28-20-7-4-8-23-16-20)25-15-18-5-2-3-6-19(18)17-26-10-13-27-14-11-26/h2-8,16H,9-15,17H2,1H3,(H2,22,24,25). The first kappa shape index (κ1) is 20.1. The molecule has 0 radical (unpaired) electrons. The lowest BCUT2D eigenvalue weighted by molar-refractivity contribution is 0.0341. The highest BCUT2D eigenvalue weighted by atomic mass is 16.5. The maximum Gasteiger partial charge on any atom is 0.191 e. The number of nitrogens with one attached hydrogen (secondary N) is 2. The molecule has 0 amide bonds. The van der Waals surface area contributed by atoms with Gasteiger partial charge in [-0.25, -0.2) is 0 Å². The zero-order valence-corrected chi connectivity index (χ0v) is 16.4. The maximum atomic E-state index is 5.64. The van der Waals surface area contributed by atoms with E-state index in [1.165, 1.54) is 11.1 Å². The van der Waals surface area contributed by atoms with Gasteiger partial charge in [-0.3, -0.25) is 14.9 Å². The number of morpholine rings is 1. The Morgan fingerprint density at radius 2 is 1.96 bits per heavy atom. The van der Waals surface area contributed by atoms with Crippen LogP contribution >= 0.6 is 0 Å². The summed E-state index contributed by atoms with van der Waals surface area (Å²) in [4.78, 5) is 10.8. The van der Waals surface area contributed by atoms with Crippen molar-refractivity contribution in [3.05, 3.63) is 59.9 Å². The Balaban J connectivity index is 1.44. The summed E-state index contributed by atoms with van der Waals surface area (Å²) in [5, 5.41) is 6.67. The Kier molecular flexibility index (Phi) is 8.08. The molecule has 0 saturated carbocycles. The van der Waals surface area contributed by atoms with Crippen LogP contribution in [0.25, 0.3) is 0 Å². The highest BCUT2D eigenvalue weighted by molar-refractivity contribution is 5.79. The molecule has 2 aromatic rings. The number of ether oxygens (including phenoxy) is 2. The number of benzene rings is 1. The van der Waals surface area contributed by atoms with Gasteiger partial charge in [-0.15, -0.1) is 0 Å². The molecule has 1 aliphatic rings. The molecule has 1 fully saturated rings. The summed E-state index contributed by atoms with van der Waals surface area (Å²) in [5.41, 5.74) is 2.62. The summed E-state index contributed by atoms with van der Waals surface area (Å²) in [6.07, 6.45) is 3.44. The van der Waals surface area contributed by atoms with Gasteiger partial charge in [0.25, 0.3) is 0 Å². The monoisotopic (exact) mass is 383 g/mol. The molecule has 1 aliphatic heterocycles. The first-order valence-electron chi connectivity index (χ1n) is 9.69. The largest absolute Gasteiger partial charge is 0.490 e. The molecule has 0 spiro atoms. The van der Waals surface area contributed by atoms with Crippen molar-refractivity contribution in [2.75, 3.05) is 46.5 Å². The molecule has 2 heterocycles. The van der Waals surface area contributed by atoms with E-state index in [4.69, 9.17) is 9.47 Å². The predicted octanol–water partition coefficient (Wildman–Crippen LogP) is 1.66. The second-order valence-electron chi connectivity index (χ2n) is 6.55. The van der Waals surface area contributed by atoms with Crippen molar-refractivity contribution in [3.8, 4) is 5.75 Å². The zero-order valence-electron chi connectivity index (χ0n) is 16.4. The molecule has 28 heavy (non-hydrogen) atoms. The van der Waals surface area contributed by atoms with E-state index in [2.05, 4.69) is 49.8 Å². The Bertz CT molecular complexity index is 733. The normalized spacial score (nSPS) is 15.2. The van der Waals surface area contributed by atoms with Gasteiger partial charge >= 0.3 is 0 Å². The van der Waals surface area contributed by atoms with Gasteiger partial charge in [0.2, 0.25) is 0 Å². The topological polar surface area (TPSA) is 71.0 Å². The lowest BCUT2D eigenvalue weighted by Crippen LogP contribution is -2.39. The van der Waals surface area contributed by atoms with Gasteiger partial charge in [-0.1, -0.05) is 24.3 Å². The zero-order chi connectivity index (χ0) is 19.4. The van der Waals surface area contributed by atoms with Crippen molar-refractivity contribution in [3.63, 3.8) is 0 Å². The Morgan fingerprint density at radius 1 is 1.14 bits per heavy atom. The Labute approximate surface area is 166 Å². The minimum Gasteiger partial charge on any atom is -0.490 e. The van der Waals surface area contributed by atoms with Gasteiger partial charge in [0.15, 0.2) is 5.96 Å². The lowest BCUT2D eigenvalue weighted by atomic mass is 10.1. The van der Waals surface area contributed by atoms with E-state index in [1.54, 1.807) is 19.4 Å². The maximum absolute atomic E-state index is 5.64. The predicted molar refractivity (Wildman–Crippen MR) is 110 cm³/mol. The van der Waals surface area contributed by atoms with Gasteiger partial charge in [0, 0.05) is 39.4 Å². The number of aliphatic imine (C=N–C) groups is 1. The molecule has 7 nitrogen and oxygen atoms in total. The molecule has 3 rings (SSSR count). The molecular weight excluding hydrogens is 354 g/mol. The third-order valence-corrected chi connectivity index (χ3v) is 4.58. The van der Waals surface area contributed by atoms with Crippen molar-refractivity contribution in [2.45, 2.75) is 13.1 Å². The second-order valence-corrected chi connectivity index (χ2v) is 6.55. The third kappa shape index (κ3) is 6.51. The van der Waals surface area contributed by atoms with E-state index < -0.39 is 0 Å². The Hall–Kier alpha value is -2.64. The third-order valence-electron chi connectivity index (χ3n) is 4.58. The van der Waals surface area contributed by atoms with Crippen molar-refractivity contribution in [1.29, 1.82) is 0 Å². The van der Waals surface area contributed by atoms with Crippen LogP contribution in [-0.2, 0) is 17.8 Å². The molecule has 1 aromatic heterocycles. The second kappa shape index (κ2) is 11.3. The molecule has 1 saturated heterocycles. The summed E-state index contributed by atoms with van der Waals surface area (Å²) < 4.78 is 11.1. The lowest BCUT2D eigenvalue weighted by Gasteiger charge is -2.27. The number of pyridine rings is 1. The van der Waals surface area contributed by atoms with Crippen LogP contribution < -0.4 is 15.4 Å². The summed E-state index contributed by atoms with van der Waals surface area (Å²) in [6, 6.07) is 12.3. The van der Waals surface area contributed by atoms with Gasteiger partial charge < -0.3 is 20.1 Å². The summed E-state index contributed by atoms with van der Waals surface area (Å²) in [7, 11) is 1.77. The molecule has 1 aromatic carbocycles. The van der Waals surface area contributed by atoms with Crippen LogP contribution in [0, 0.1) is 0 Å². The average molecular weight is 383 g/mol. The van der Waals surface area contributed by atoms with Crippen LogP contribution in [0.5, 0.6) is 5.75 Å². The first-order chi connectivity index (χ1) is 13.8. The first-order valence-corrected chi connectivity index (χ1v) is 9.69. The van der Waals surface area contributed by atoms with Crippen LogP contribution in [0.4, 0.5) is 0 Å². The average Bonchev–Trinajstić information content (AvgIpc) is 2.76. The summed E-state index contributed by atoms with van der Waals surface area (Å²) >= 11 is 0. The van der Waals surface area contributed by atoms with Gasteiger partial charge in [-0.2, -0.15) is 0 Å². The van der Waals surface area contributed by atoms with E-state index in [-0.39, 0.29) is 0 Å². The van der Waals surface area contributed by atoms with Crippen molar-refractivity contribution in [1.82, 2.24) is 20.5 Å². The van der Waals surface area contributed by atoms with Gasteiger partial charge in [0.1, 0.15) is 12.4 Å². The van der Waals surface area contributed by atoms with Crippen LogP contribution in [-0.4, -0.2) is 62.3 Å². The molecule has 0 atom stereocenters. The minimum atomic E-state index is 0.542. The van der Waals surface area contributed by atoms with Crippen LogP contribution in [0.2, 0.25) is 0 Å². The SMILES string of the molecule is CN=C(NCCOc1cccnc1)NCc1ccccc1CN1CCOCC1. The van der Waals surface area contributed by atoms with Gasteiger partial charge in [0.05, 0.1) is 26.0 Å². The van der Waals surface area contributed by atoms with Gasteiger partial charge in [-0.05, 0) is 23.3 Å². The molecule has 0 unspecified atom stereocenters. The fourth-order valence-electron chi connectivity index (χ4n) is 3.05. The van der Waals surface area contributed by atoms with E-state index in [0.717, 1.165) is 51.1 Å². The molecule has 7 heteroatoms. The number of guanidine groups is 1. The number of aromatic nitrogens is 1. The number of rotatable bonds is 8. The molecule has 0 aliphatic carbocycles. The van der Waals surface area contributed by atoms with Crippen molar-refractivity contribution >= 4 is 5.96 Å². The van der Waals surface area contributed by atoms with Crippen LogP contribution in [0.1, 0.15) is 11.1 Å². The minimum absolute atomic E-state index is 0.542. The van der Waals surface area contributed by atoms with E-state index >= 15 is 0 Å².